The van der Waals surface area contributed by atoms with Gasteiger partial charge < -0.3 is 0 Å². The summed E-state index contributed by atoms with van der Waals surface area (Å²) in [7, 11) is 0. The van der Waals surface area contributed by atoms with Crippen LogP contribution in [-0.4, -0.2) is 11.5 Å². The summed E-state index contributed by atoms with van der Waals surface area (Å²) >= 11 is 13.5. The standard InChI is InChI=1S/C17H16Cl2OS/c1-11-5-12(2)7-13(6-11)9-21-10-17(20)15-8-14(18)3-4-16(15)19/h3-8H,9-10H2,1-2H3. The summed E-state index contributed by atoms with van der Waals surface area (Å²) in [5.41, 5.74) is 4.23. The van der Waals surface area contributed by atoms with Crippen LogP contribution in [0.1, 0.15) is 27.0 Å². The normalized spacial score (nSPS) is 10.7. The molecular weight excluding hydrogens is 323 g/mol. The highest BCUT2D eigenvalue weighted by molar-refractivity contribution is 7.99. The molecule has 0 unspecified atom stereocenters. The van der Waals surface area contributed by atoms with Gasteiger partial charge in [0.25, 0.3) is 0 Å². The summed E-state index contributed by atoms with van der Waals surface area (Å²) < 4.78 is 0. The maximum Gasteiger partial charge on any atom is 0.174 e. The largest absolute Gasteiger partial charge is 0.293 e. The Balaban J connectivity index is 1.96. The minimum absolute atomic E-state index is 0.0110. The number of thioether (sulfide) groups is 1. The van der Waals surface area contributed by atoms with Crippen molar-refractivity contribution >= 4 is 40.7 Å². The summed E-state index contributed by atoms with van der Waals surface area (Å²) in [5.74, 6) is 1.22. The van der Waals surface area contributed by atoms with Crippen LogP contribution in [0.2, 0.25) is 10.0 Å². The zero-order valence-electron chi connectivity index (χ0n) is 12.0. The Morgan fingerprint density at radius 2 is 1.71 bits per heavy atom. The SMILES string of the molecule is Cc1cc(C)cc(CSCC(=O)c2cc(Cl)ccc2Cl)c1. The second-order valence-corrected chi connectivity index (χ2v) is 6.87. The molecule has 0 atom stereocenters. The van der Waals surface area contributed by atoms with Crippen LogP contribution < -0.4 is 0 Å². The molecule has 21 heavy (non-hydrogen) atoms. The van der Waals surface area contributed by atoms with E-state index in [1.807, 2.05) is 0 Å². The van der Waals surface area contributed by atoms with E-state index in [0.29, 0.717) is 21.4 Å². The molecule has 0 bridgehead atoms. The van der Waals surface area contributed by atoms with E-state index in [1.165, 1.54) is 16.7 Å². The first-order chi connectivity index (χ1) is 9.95. The fraction of sp³-hybridized carbons (Fsp3) is 0.235. The zero-order chi connectivity index (χ0) is 15.4. The van der Waals surface area contributed by atoms with Crippen LogP contribution in [0.4, 0.5) is 0 Å². The molecule has 0 aliphatic rings. The van der Waals surface area contributed by atoms with Crippen LogP contribution in [-0.2, 0) is 5.75 Å². The van der Waals surface area contributed by atoms with Crippen LogP contribution >= 0.6 is 35.0 Å². The topological polar surface area (TPSA) is 17.1 Å². The van der Waals surface area contributed by atoms with Crippen molar-refractivity contribution in [1.82, 2.24) is 0 Å². The molecule has 0 saturated heterocycles. The van der Waals surface area contributed by atoms with Gasteiger partial charge in [0.1, 0.15) is 0 Å². The Morgan fingerprint density at radius 1 is 1.05 bits per heavy atom. The van der Waals surface area contributed by atoms with Crippen molar-refractivity contribution in [2.45, 2.75) is 19.6 Å². The molecule has 0 N–H and O–H groups in total. The molecule has 0 aromatic heterocycles. The van der Waals surface area contributed by atoms with Crippen molar-refractivity contribution in [2.24, 2.45) is 0 Å². The van der Waals surface area contributed by atoms with Gasteiger partial charge in [-0.3, -0.25) is 4.79 Å². The van der Waals surface area contributed by atoms with Crippen molar-refractivity contribution in [2.75, 3.05) is 5.75 Å². The molecule has 0 amide bonds. The second kappa shape index (κ2) is 7.35. The first kappa shape index (κ1) is 16.4. The number of benzene rings is 2. The zero-order valence-corrected chi connectivity index (χ0v) is 14.3. The van der Waals surface area contributed by atoms with Crippen LogP contribution in [0.3, 0.4) is 0 Å². The fourth-order valence-electron chi connectivity index (χ4n) is 2.20. The number of hydrogen-bond acceptors (Lipinski definition) is 2. The predicted octanol–water partition coefficient (Wildman–Crippen LogP) is 5.73. The molecule has 1 nitrogen and oxygen atoms in total. The Morgan fingerprint density at radius 3 is 2.38 bits per heavy atom. The molecular formula is C17H16Cl2OS. The molecule has 2 aromatic carbocycles. The van der Waals surface area contributed by atoms with Crippen LogP contribution in [0.25, 0.3) is 0 Å². The van der Waals surface area contributed by atoms with Gasteiger partial charge in [0.15, 0.2) is 5.78 Å². The molecule has 2 aromatic rings. The Bertz CT molecular complexity index is 648. The number of rotatable bonds is 5. The Labute approximate surface area is 139 Å². The van der Waals surface area contributed by atoms with E-state index in [2.05, 4.69) is 32.0 Å². The van der Waals surface area contributed by atoms with Crippen LogP contribution in [0, 0.1) is 13.8 Å². The smallest absolute Gasteiger partial charge is 0.174 e. The van der Waals surface area contributed by atoms with Gasteiger partial charge in [-0.15, -0.1) is 11.8 Å². The minimum Gasteiger partial charge on any atom is -0.293 e. The van der Waals surface area contributed by atoms with Gasteiger partial charge in [0.05, 0.1) is 10.8 Å². The lowest BCUT2D eigenvalue weighted by molar-refractivity contribution is 0.102. The van der Waals surface area contributed by atoms with Crippen molar-refractivity contribution in [3.05, 3.63) is 68.7 Å². The van der Waals surface area contributed by atoms with Gasteiger partial charge >= 0.3 is 0 Å². The van der Waals surface area contributed by atoms with Crippen molar-refractivity contribution in [1.29, 1.82) is 0 Å². The van der Waals surface area contributed by atoms with Crippen LogP contribution in [0.5, 0.6) is 0 Å². The summed E-state index contributed by atoms with van der Waals surface area (Å²) in [6, 6.07) is 11.4. The maximum absolute atomic E-state index is 12.2. The van der Waals surface area contributed by atoms with Crippen LogP contribution in [0.15, 0.2) is 36.4 Å². The van der Waals surface area contributed by atoms with Gasteiger partial charge in [-0.1, -0.05) is 52.5 Å². The lowest BCUT2D eigenvalue weighted by Gasteiger charge is -2.06. The molecule has 4 heteroatoms. The highest BCUT2D eigenvalue weighted by Crippen LogP contribution is 2.23. The number of carbonyl (C=O) groups is 1. The monoisotopic (exact) mass is 338 g/mol. The highest BCUT2D eigenvalue weighted by atomic mass is 35.5. The number of halogens is 2. The third-order valence-corrected chi connectivity index (χ3v) is 4.58. The van der Waals surface area contributed by atoms with Crippen molar-refractivity contribution in [3.63, 3.8) is 0 Å². The maximum atomic E-state index is 12.2. The molecule has 0 heterocycles. The van der Waals surface area contributed by atoms with Crippen molar-refractivity contribution in [3.8, 4) is 0 Å². The number of ketones is 1. The van der Waals surface area contributed by atoms with Gasteiger partial charge in [-0.25, -0.2) is 0 Å². The minimum atomic E-state index is 0.0110. The molecule has 110 valence electrons. The first-order valence-electron chi connectivity index (χ1n) is 6.59. The number of aryl methyl sites for hydroxylation is 2. The molecule has 0 aliphatic carbocycles. The van der Waals surface area contributed by atoms with E-state index in [0.717, 1.165) is 5.75 Å². The Kier molecular flexibility index (Phi) is 5.74. The Hall–Kier alpha value is -0.960. The number of Topliss-reactive ketones (excluding diaryl/α,β-unsaturated/α-hetero) is 1. The summed E-state index contributed by atoms with van der Waals surface area (Å²) in [6.45, 7) is 4.16. The summed E-state index contributed by atoms with van der Waals surface area (Å²) in [6.07, 6.45) is 0. The molecule has 0 spiro atoms. The molecule has 0 fully saturated rings. The molecule has 0 aliphatic heterocycles. The lowest BCUT2D eigenvalue weighted by atomic mass is 10.1. The van der Waals surface area contributed by atoms with Gasteiger partial charge in [-0.2, -0.15) is 0 Å². The predicted molar refractivity (Wildman–Crippen MR) is 92.9 cm³/mol. The lowest BCUT2D eigenvalue weighted by Crippen LogP contribution is -2.03. The van der Waals surface area contributed by atoms with E-state index >= 15 is 0 Å². The van der Waals surface area contributed by atoms with Crippen molar-refractivity contribution < 1.29 is 4.79 Å². The molecule has 2 rings (SSSR count). The third-order valence-electron chi connectivity index (χ3n) is 3.01. The highest BCUT2D eigenvalue weighted by Gasteiger charge is 2.11. The first-order valence-corrected chi connectivity index (χ1v) is 8.50. The third kappa shape index (κ3) is 4.77. The van der Waals surface area contributed by atoms with Gasteiger partial charge in [0, 0.05) is 16.3 Å². The van der Waals surface area contributed by atoms with Gasteiger partial charge in [-0.05, 0) is 37.6 Å². The average molecular weight is 339 g/mol. The molecule has 0 radical (unpaired) electrons. The van der Waals surface area contributed by atoms with E-state index < -0.39 is 0 Å². The quantitative estimate of drug-likeness (QED) is 0.648. The summed E-state index contributed by atoms with van der Waals surface area (Å²) in [5, 5.41) is 0.985. The van der Waals surface area contributed by atoms with E-state index in [-0.39, 0.29) is 5.78 Å². The van der Waals surface area contributed by atoms with E-state index in [4.69, 9.17) is 23.2 Å². The number of hydrogen-bond donors (Lipinski definition) is 0. The number of carbonyl (C=O) groups excluding carboxylic acids is 1. The van der Waals surface area contributed by atoms with Gasteiger partial charge in [0.2, 0.25) is 0 Å². The summed E-state index contributed by atoms with van der Waals surface area (Å²) in [4.78, 5) is 12.2. The van der Waals surface area contributed by atoms with E-state index in [1.54, 1.807) is 30.0 Å². The average Bonchev–Trinajstić information content (AvgIpc) is 2.40. The fourth-order valence-corrected chi connectivity index (χ4v) is 3.44. The van der Waals surface area contributed by atoms with E-state index in [9.17, 15) is 4.79 Å². The molecule has 0 saturated carbocycles. The second-order valence-electron chi connectivity index (χ2n) is 5.04.